The largest absolute Gasteiger partial charge is 0.480 e. The Morgan fingerprint density at radius 1 is 0.840 bits per heavy atom. The summed E-state index contributed by atoms with van der Waals surface area (Å²) in [6, 6.07) is -1.13. The predicted molar refractivity (Wildman–Crippen MR) is 107 cm³/mol. The lowest BCUT2D eigenvalue weighted by atomic mass is 10.0. The minimum Gasteiger partial charge on any atom is -0.480 e. The van der Waals surface area contributed by atoms with Gasteiger partial charge >= 0.3 is 5.97 Å². The molecule has 0 rings (SSSR count). The predicted octanol–water partition coefficient (Wildman–Crippen LogP) is 4.09. The van der Waals surface area contributed by atoms with Crippen molar-refractivity contribution in [1.82, 2.24) is 4.90 Å². The van der Waals surface area contributed by atoms with Crippen LogP contribution >= 0.6 is 0 Å². The summed E-state index contributed by atoms with van der Waals surface area (Å²) < 4.78 is 0. The van der Waals surface area contributed by atoms with E-state index in [2.05, 4.69) is 6.92 Å². The highest BCUT2D eigenvalue weighted by molar-refractivity contribution is 5.74. The van der Waals surface area contributed by atoms with Crippen LogP contribution in [0.3, 0.4) is 0 Å². The van der Waals surface area contributed by atoms with Crippen molar-refractivity contribution in [3.63, 3.8) is 0 Å². The molecule has 0 aliphatic heterocycles. The van der Waals surface area contributed by atoms with Gasteiger partial charge in [0, 0.05) is 12.6 Å². The Kier molecular flexibility index (Phi) is 15.2. The zero-order valence-electron chi connectivity index (χ0n) is 16.9. The minimum atomic E-state index is -0.883. The van der Waals surface area contributed by atoms with Crippen LogP contribution < -0.4 is 11.5 Å². The molecule has 3 atom stereocenters. The maximum Gasteiger partial charge on any atom is 0.322 e. The molecule has 0 spiro atoms. The van der Waals surface area contributed by atoms with Crippen molar-refractivity contribution < 1.29 is 9.90 Å². The van der Waals surface area contributed by atoms with Gasteiger partial charge in [-0.25, -0.2) is 0 Å². The van der Waals surface area contributed by atoms with Crippen molar-refractivity contribution in [2.24, 2.45) is 11.5 Å². The number of hydrogen-bond donors (Lipinski definition) is 3. The number of carboxylic acid groups (broad SMARTS) is 1. The summed E-state index contributed by atoms with van der Waals surface area (Å²) in [6.07, 6.45) is 15.2. The van der Waals surface area contributed by atoms with E-state index < -0.39 is 18.1 Å². The van der Waals surface area contributed by atoms with Gasteiger partial charge in [-0.05, 0) is 20.3 Å². The number of aliphatic carboxylic acids is 1. The first-order valence-corrected chi connectivity index (χ1v) is 10.4. The molecule has 0 bridgehead atoms. The molecule has 0 heterocycles. The molecule has 0 radical (unpaired) electrons. The molecule has 25 heavy (non-hydrogen) atoms. The highest BCUT2D eigenvalue weighted by Crippen LogP contribution is 2.13. The quantitative estimate of drug-likeness (QED) is 0.269. The lowest BCUT2D eigenvalue weighted by Crippen LogP contribution is -2.57. The molecule has 0 aromatic rings. The van der Waals surface area contributed by atoms with Crippen molar-refractivity contribution in [3.8, 4) is 0 Å². The van der Waals surface area contributed by atoms with Gasteiger partial charge in [-0.3, -0.25) is 9.69 Å². The molecule has 0 saturated heterocycles. The molecule has 0 aliphatic rings. The summed E-state index contributed by atoms with van der Waals surface area (Å²) in [5, 5.41) is 9.38. The van der Waals surface area contributed by atoms with Crippen molar-refractivity contribution in [3.05, 3.63) is 0 Å². The number of nitrogens with zero attached hydrogens (tertiary/aromatic N) is 1. The SMILES string of the molecule is CCCCCCCCCCCCCCN(C(C)N)C(C(=O)O)C(C)N. The van der Waals surface area contributed by atoms with E-state index in [9.17, 15) is 9.90 Å². The van der Waals surface area contributed by atoms with Gasteiger partial charge in [-0.1, -0.05) is 77.6 Å². The second kappa shape index (κ2) is 15.6. The van der Waals surface area contributed by atoms with Gasteiger partial charge in [0.25, 0.3) is 0 Å². The van der Waals surface area contributed by atoms with Crippen LogP contribution in [0.25, 0.3) is 0 Å². The fraction of sp³-hybridized carbons (Fsp3) is 0.950. The normalized spacial score (nSPS) is 15.3. The first-order chi connectivity index (χ1) is 11.9. The summed E-state index contributed by atoms with van der Waals surface area (Å²) in [4.78, 5) is 13.3. The average Bonchev–Trinajstić information content (AvgIpc) is 2.53. The van der Waals surface area contributed by atoms with Crippen LogP contribution in [-0.4, -0.2) is 40.8 Å². The fourth-order valence-corrected chi connectivity index (χ4v) is 3.40. The summed E-state index contributed by atoms with van der Waals surface area (Å²) >= 11 is 0. The van der Waals surface area contributed by atoms with Crippen molar-refractivity contribution >= 4 is 5.97 Å². The number of hydrogen-bond acceptors (Lipinski definition) is 4. The zero-order chi connectivity index (χ0) is 19.1. The summed E-state index contributed by atoms with van der Waals surface area (Å²) in [5.74, 6) is -0.883. The average molecular weight is 358 g/mol. The third-order valence-corrected chi connectivity index (χ3v) is 4.90. The van der Waals surface area contributed by atoms with Crippen LogP contribution in [0.2, 0.25) is 0 Å². The van der Waals surface area contributed by atoms with Gasteiger partial charge in [-0.2, -0.15) is 0 Å². The molecule has 0 amide bonds. The molecule has 5 heteroatoms. The Morgan fingerprint density at radius 2 is 1.24 bits per heavy atom. The Bertz CT molecular complexity index is 322. The maximum absolute atomic E-state index is 11.4. The van der Waals surface area contributed by atoms with Crippen molar-refractivity contribution in [1.29, 1.82) is 0 Å². The van der Waals surface area contributed by atoms with E-state index in [0.29, 0.717) is 6.54 Å². The van der Waals surface area contributed by atoms with Crippen LogP contribution in [0.4, 0.5) is 0 Å². The van der Waals surface area contributed by atoms with Crippen molar-refractivity contribution in [2.45, 2.75) is 116 Å². The van der Waals surface area contributed by atoms with E-state index in [1.807, 2.05) is 11.8 Å². The Balaban J connectivity index is 3.75. The van der Waals surface area contributed by atoms with Gasteiger partial charge in [-0.15, -0.1) is 0 Å². The van der Waals surface area contributed by atoms with Crippen LogP contribution in [0.1, 0.15) is 97.8 Å². The third-order valence-electron chi connectivity index (χ3n) is 4.90. The highest BCUT2D eigenvalue weighted by atomic mass is 16.4. The zero-order valence-corrected chi connectivity index (χ0v) is 16.9. The number of carboxylic acids is 1. The molecule has 0 fully saturated rings. The molecule has 5 nitrogen and oxygen atoms in total. The van der Waals surface area contributed by atoms with E-state index in [0.717, 1.165) is 12.8 Å². The molecule has 3 unspecified atom stereocenters. The number of nitrogens with two attached hydrogens (primary N) is 2. The standard InChI is InChI=1S/C20H43N3O2/c1-4-5-6-7-8-9-10-11-12-13-14-15-16-23(18(3)22)19(17(2)21)20(24)25/h17-19H,4-16,21-22H2,1-3H3,(H,24,25). The van der Waals surface area contributed by atoms with Crippen LogP contribution in [0.15, 0.2) is 0 Å². The van der Waals surface area contributed by atoms with Crippen LogP contribution in [0.5, 0.6) is 0 Å². The molecule has 5 N–H and O–H groups in total. The lowest BCUT2D eigenvalue weighted by Gasteiger charge is -2.34. The molecule has 150 valence electrons. The number of unbranched alkanes of at least 4 members (excludes halogenated alkanes) is 11. The Labute approximate surface area is 155 Å². The van der Waals surface area contributed by atoms with E-state index >= 15 is 0 Å². The summed E-state index contributed by atoms with van der Waals surface area (Å²) in [7, 11) is 0. The van der Waals surface area contributed by atoms with Gasteiger partial charge in [0.15, 0.2) is 0 Å². The number of carbonyl (C=O) groups is 1. The van der Waals surface area contributed by atoms with E-state index in [-0.39, 0.29) is 6.17 Å². The van der Waals surface area contributed by atoms with E-state index in [1.165, 1.54) is 64.2 Å². The first kappa shape index (κ1) is 24.4. The van der Waals surface area contributed by atoms with E-state index in [1.54, 1.807) is 6.92 Å². The molecular weight excluding hydrogens is 314 g/mol. The molecule has 0 aliphatic carbocycles. The van der Waals surface area contributed by atoms with Gasteiger partial charge in [0.1, 0.15) is 6.04 Å². The Morgan fingerprint density at radius 3 is 1.56 bits per heavy atom. The summed E-state index contributed by atoms with van der Waals surface area (Å²) in [5.41, 5.74) is 11.8. The molecule has 0 aromatic heterocycles. The molecular formula is C20H43N3O2. The first-order valence-electron chi connectivity index (χ1n) is 10.4. The van der Waals surface area contributed by atoms with Gasteiger partial charge in [0.2, 0.25) is 0 Å². The topological polar surface area (TPSA) is 92.6 Å². The van der Waals surface area contributed by atoms with Gasteiger partial charge in [0.05, 0.1) is 6.17 Å². The smallest absolute Gasteiger partial charge is 0.322 e. The van der Waals surface area contributed by atoms with Crippen LogP contribution in [-0.2, 0) is 4.79 Å². The lowest BCUT2D eigenvalue weighted by molar-refractivity contribution is -0.145. The molecule has 0 aromatic carbocycles. The fourth-order valence-electron chi connectivity index (χ4n) is 3.40. The second-order valence-electron chi connectivity index (χ2n) is 7.51. The second-order valence-corrected chi connectivity index (χ2v) is 7.51. The van der Waals surface area contributed by atoms with Gasteiger partial charge < -0.3 is 16.6 Å². The number of rotatable bonds is 17. The summed E-state index contributed by atoms with van der Waals surface area (Å²) in [6.45, 7) is 6.52. The minimum absolute atomic E-state index is 0.292. The van der Waals surface area contributed by atoms with E-state index in [4.69, 9.17) is 11.5 Å². The third kappa shape index (κ3) is 12.4. The maximum atomic E-state index is 11.4. The highest BCUT2D eigenvalue weighted by Gasteiger charge is 2.30. The monoisotopic (exact) mass is 357 g/mol. The molecule has 0 saturated carbocycles. The van der Waals surface area contributed by atoms with Crippen molar-refractivity contribution in [2.75, 3.05) is 6.54 Å². The van der Waals surface area contributed by atoms with Crippen LogP contribution in [0, 0.1) is 0 Å². The Hall–Kier alpha value is -0.650.